The van der Waals surface area contributed by atoms with Crippen LogP contribution < -0.4 is 0 Å². The highest BCUT2D eigenvalue weighted by Gasteiger charge is 2.33. The fourth-order valence-electron chi connectivity index (χ4n) is 3.00. The van der Waals surface area contributed by atoms with E-state index in [2.05, 4.69) is 48.9 Å². The van der Waals surface area contributed by atoms with Crippen LogP contribution in [0.15, 0.2) is 41.4 Å². The largest absolute Gasteiger partial charge is 0.319 e. The van der Waals surface area contributed by atoms with Gasteiger partial charge in [-0.3, -0.25) is 4.79 Å². The first kappa shape index (κ1) is 13.5. The van der Waals surface area contributed by atoms with Gasteiger partial charge in [-0.1, -0.05) is 26.0 Å². The molecule has 0 bridgehead atoms. The third-order valence-corrected chi connectivity index (χ3v) is 4.71. The molecular formula is C17H19NOS. The van der Waals surface area contributed by atoms with Gasteiger partial charge in [-0.25, -0.2) is 0 Å². The van der Waals surface area contributed by atoms with E-state index in [9.17, 15) is 4.79 Å². The van der Waals surface area contributed by atoms with E-state index >= 15 is 0 Å². The number of ketones is 1. The number of hydrogen-bond acceptors (Lipinski definition) is 2. The van der Waals surface area contributed by atoms with Gasteiger partial charge in [0.2, 0.25) is 0 Å². The van der Waals surface area contributed by atoms with Crippen molar-refractivity contribution < 1.29 is 4.79 Å². The normalized spacial score (nSPS) is 17.1. The molecule has 3 heteroatoms. The fourth-order valence-corrected chi connectivity index (χ4v) is 3.59. The quantitative estimate of drug-likeness (QED) is 0.765. The molecule has 0 radical (unpaired) electrons. The summed E-state index contributed by atoms with van der Waals surface area (Å²) in [6.07, 6.45) is 5.72. The van der Waals surface area contributed by atoms with Crippen molar-refractivity contribution in [3.05, 3.63) is 47.8 Å². The van der Waals surface area contributed by atoms with E-state index in [1.54, 1.807) is 11.8 Å². The standard InChI is InChI=1S/C17H19NOS/c1-17(2)10-14-12(15(19)11-17)8-9-18(14)13-6-4-5-7-16(13)20-3/h4-9H,10-11H2,1-3H3. The van der Waals surface area contributed by atoms with E-state index in [0.717, 1.165) is 17.7 Å². The van der Waals surface area contributed by atoms with E-state index < -0.39 is 0 Å². The van der Waals surface area contributed by atoms with Gasteiger partial charge in [0.05, 0.1) is 5.69 Å². The third kappa shape index (κ3) is 2.20. The predicted molar refractivity (Wildman–Crippen MR) is 84.0 cm³/mol. The van der Waals surface area contributed by atoms with Crippen LogP contribution in [0.25, 0.3) is 5.69 Å². The Morgan fingerprint density at radius 1 is 1.15 bits per heavy atom. The smallest absolute Gasteiger partial charge is 0.165 e. The van der Waals surface area contributed by atoms with Gasteiger partial charge in [-0.05, 0) is 36.3 Å². The number of para-hydroxylation sites is 1. The number of carbonyl (C=O) groups excluding carboxylic acids is 1. The number of aromatic nitrogens is 1. The highest BCUT2D eigenvalue weighted by molar-refractivity contribution is 7.98. The zero-order valence-electron chi connectivity index (χ0n) is 12.1. The number of hydrogen-bond donors (Lipinski definition) is 0. The molecular weight excluding hydrogens is 266 g/mol. The molecule has 0 fully saturated rings. The number of nitrogens with zero attached hydrogens (tertiary/aromatic N) is 1. The summed E-state index contributed by atoms with van der Waals surface area (Å²) < 4.78 is 2.19. The summed E-state index contributed by atoms with van der Waals surface area (Å²) in [5.41, 5.74) is 3.29. The van der Waals surface area contributed by atoms with Gasteiger partial charge in [0, 0.05) is 28.8 Å². The zero-order valence-corrected chi connectivity index (χ0v) is 13.0. The Kier molecular flexibility index (Phi) is 3.25. The van der Waals surface area contributed by atoms with Crippen molar-refractivity contribution in [1.82, 2.24) is 4.57 Å². The van der Waals surface area contributed by atoms with Crippen molar-refractivity contribution >= 4 is 17.5 Å². The summed E-state index contributed by atoms with van der Waals surface area (Å²) in [5.74, 6) is 0.275. The average Bonchev–Trinajstić information content (AvgIpc) is 2.81. The molecule has 1 aliphatic carbocycles. The van der Waals surface area contributed by atoms with Crippen molar-refractivity contribution in [3.8, 4) is 5.69 Å². The predicted octanol–water partition coefficient (Wildman–Crippen LogP) is 4.35. The topological polar surface area (TPSA) is 22.0 Å². The van der Waals surface area contributed by atoms with Crippen molar-refractivity contribution in [3.63, 3.8) is 0 Å². The Bertz CT molecular complexity index is 669. The summed E-state index contributed by atoms with van der Waals surface area (Å²) >= 11 is 1.74. The molecule has 3 rings (SSSR count). The maximum atomic E-state index is 12.3. The van der Waals surface area contributed by atoms with Gasteiger partial charge in [-0.2, -0.15) is 0 Å². The minimum absolute atomic E-state index is 0.0501. The highest BCUT2D eigenvalue weighted by Crippen LogP contribution is 2.37. The lowest BCUT2D eigenvalue weighted by molar-refractivity contribution is 0.0911. The number of fused-ring (bicyclic) bond motifs is 1. The van der Waals surface area contributed by atoms with Crippen LogP contribution in [0.5, 0.6) is 0 Å². The lowest BCUT2D eigenvalue weighted by atomic mass is 9.76. The Morgan fingerprint density at radius 3 is 2.65 bits per heavy atom. The number of carbonyl (C=O) groups is 1. The maximum absolute atomic E-state index is 12.3. The lowest BCUT2D eigenvalue weighted by Crippen LogP contribution is -2.27. The van der Waals surface area contributed by atoms with Gasteiger partial charge < -0.3 is 4.57 Å². The van der Waals surface area contributed by atoms with Crippen LogP contribution in [0.2, 0.25) is 0 Å². The number of rotatable bonds is 2. The first-order valence-electron chi connectivity index (χ1n) is 6.89. The monoisotopic (exact) mass is 285 g/mol. The molecule has 2 nitrogen and oxygen atoms in total. The molecule has 0 unspecified atom stereocenters. The Hall–Kier alpha value is -1.48. The van der Waals surface area contributed by atoms with Crippen LogP contribution in [0, 0.1) is 5.41 Å². The number of benzene rings is 1. The molecule has 0 saturated carbocycles. The second-order valence-corrected chi connectivity index (χ2v) is 7.01. The van der Waals surface area contributed by atoms with Gasteiger partial charge in [0.1, 0.15) is 0 Å². The molecule has 1 aromatic carbocycles. The second kappa shape index (κ2) is 4.81. The van der Waals surface area contributed by atoms with Crippen LogP contribution in [0.4, 0.5) is 0 Å². The van der Waals surface area contributed by atoms with Crippen LogP contribution in [-0.4, -0.2) is 16.6 Å². The van der Waals surface area contributed by atoms with Crippen LogP contribution in [0.3, 0.4) is 0 Å². The summed E-state index contributed by atoms with van der Waals surface area (Å²) in [6.45, 7) is 4.34. The molecule has 0 amide bonds. The van der Waals surface area contributed by atoms with Crippen LogP contribution in [0.1, 0.15) is 36.3 Å². The molecule has 0 N–H and O–H groups in total. The molecule has 0 aliphatic heterocycles. The van der Waals surface area contributed by atoms with E-state index in [0.29, 0.717) is 6.42 Å². The fraction of sp³-hybridized carbons (Fsp3) is 0.353. The highest BCUT2D eigenvalue weighted by atomic mass is 32.2. The minimum atomic E-state index is 0.0501. The number of thioether (sulfide) groups is 1. The van der Waals surface area contributed by atoms with Crippen molar-refractivity contribution in [2.45, 2.75) is 31.6 Å². The summed E-state index contributed by atoms with van der Waals surface area (Å²) in [7, 11) is 0. The van der Waals surface area contributed by atoms with E-state index in [-0.39, 0.29) is 11.2 Å². The van der Waals surface area contributed by atoms with Gasteiger partial charge in [0.25, 0.3) is 0 Å². The lowest BCUT2D eigenvalue weighted by Gasteiger charge is -2.30. The molecule has 0 spiro atoms. The Balaban J connectivity index is 2.16. The maximum Gasteiger partial charge on any atom is 0.165 e. The molecule has 1 heterocycles. The SMILES string of the molecule is CSc1ccccc1-n1ccc2c1CC(C)(C)CC2=O. The summed E-state index contributed by atoms with van der Waals surface area (Å²) in [6, 6.07) is 10.3. The summed E-state index contributed by atoms with van der Waals surface area (Å²) in [5, 5.41) is 0. The number of Topliss-reactive ketones (excluding diaryl/α,β-unsaturated/α-hetero) is 1. The average molecular weight is 285 g/mol. The first-order valence-corrected chi connectivity index (χ1v) is 8.11. The van der Waals surface area contributed by atoms with E-state index in [1.165, 1.54) is 10.6 Å². The molecule has 1 aromatic heterocycles. The van der Waals surface area contributed by atoms with Gasteiger partial charge in [-0.15, -0.1) is 11.8 Å². The van der Waals surface area contributed by atoms with Gasteiger partial charge in [0.15, 0.2) is 5.78 Å². The molecule has 0 saturated heterocycles. The van der Waals surface area contributed by atoms with Crippen molar-refractivity contribution in [2.24, 2.45) is 5.41 Å². The van der Waals surface area contributed by atoms with Gasteiger partial charge >= 0.3 is 0 Å². The molecule has 20 heavy (non-hydrogen) atoms. The molecule has 0 atom stereocenters. The third-order valence-electron chi connectivity index (χ3n) is 3.92. The Labute approximate surface area is 124 Å². The zero-order chi connectivity index (χ0) is 14.3. The van der Waals surface area contributed by atoms with Crippen molar-refractivity contribution in [1.29, 1.82) is 0 Å². The van der Waals surface area contributed by atoms with Crippen LogP contribution in [-0.2, 0) is 6.42 Å². The van der Waals surface area contributed by atoms with E-state index in [1.807, 2.05) is 12.3 Å². The van der Waals surface area contributed by atoms with E-state index in [4.69, 9.17) is 0 Å². The van der Waals surface area contributed by atoms with Crippen LogP contribution >= 0.6 is 11.8 Å². The minimum Gasteiger partial charge on any atom is -0.319 e. The Morgan fingerprint density at radius 2 is 1.90 bits per heavy atom. The second-order valence-electron chi connectivity index (χ2n) is 6.16. The molecule has 1 aliphatic rings. The summed E-state index contributed by atoms with van der Waals surface area (Å²) in [4.78, 5) is 13.5. The molecule has 2 aromatic rings. The first-order chi connectivity index (χ1) is 9.52. The molecule has 104 valence electrons. The van der Waals surface area contributed by atoms with Crippen molar-refractivity contribution in [2.75, 3.05) is 6.26 Å².